The second-order valence-electron chi connectivity index (χ2n) is 7.25. The van der Waals surface area contributed by atoms with Crippen LogP contribution in [-0.4, -0.2) is 6.67 Å². The molecule has 0 aliphatic heterocycles. The molecule has 148 valence electrons. The maximum absolute atomic E-state index is 12.3. The fourth-order valence-corrected chi connectivity index (χ4v) is 3.77. The molecule has 2 aromatic rings. The second-order valence-corrected chi connectivity index (χ2v) is 7.65. The van der Waals surface area contributed by atoms with E-state index in [2.05, 4.69) is 31.2 Å². The number of hydrogen-bond acceptors (Lipinski definition) is 0. The van der Waals surface area contributed by atoms with E-state index in [4.69, 9.17) is 11.6 Å². The zero-order valence-electron chi connectivity index (χ0n) is 15.9. The average molecular weight is 397 g/mol. The number of aryl methyl sites for hydroxylation is 1. The van der Waals surface area contributed by atoms with Gasteiger partial charge in [-0.2, -0.15) is 0 Å². The summed E-state index contributed by atoms with van der Waals surface area (Å²) in [6.07, 6.45) is 8.10. The van der Waals surface area contributed by atoms with Crippen molar-refractivity contribution in [3.05, 3.63) is 70.2 Å². The van der Waals surface area contributed by atoms with Gasteiger partial charge in [0.25, 0.3) is 0 Å². The molecule has 0 nitrogen and oxygen atoms in total. The molecule has 1 aliphatic carbocycles. The normalized spacial score (nSPS) is 19.3. The topological polar surface area (TPSA) is 0 Å². The SMILES string of the molecule is CCCc1ccc(C2CCC(CCF)CC2)cc1.Fc1ccc(Cl)c(F)c1. The van der Waals surface area contributed by atoms with Crippen LogP contribution in [0.4, 0.5) is 13.2 Å². The van der Waals surface area contributed by atoms with E-state index in [9.17, 15) is 13.2 Å². The summed E-state index contributed by atoms with van der Waals surface area (Å²) >= 11 is 5.24. The Hall–Kier alpha value is -1.48. The first-order valence-electron chi connectivity index (χ1n) is 9.78. The highest BCUT2D eigenvalue weighted by Gasteiger charge is 2.21. The Bertz CT molecular complexity index is 677. The third-order valence-electron chi connectivity index (χ3n) is 5.24. The second kappa shape index (κ2) is 11.4. The van der Waals surface area contributed by atoms with Crippen molar-refractivity contribution in [3.63, 3.8) is 0 Å². The van der Waals surface area contributed by atoms with Gasteiger partial charge in [-0.1, -0.05) is 49.2 Å². The molecule has 0 unspecified atom stereocenters. The van der Waals surface area contributed by atoms with Crippen LogP contribution in [0.2, 0.25) is 5.02 Å². The molecule has 3 rings (SSSR count). The van der Waals surface area contributed by atoms with Crippen LogP contribution in [0.5, 0.6) is 0 Å². The lowest BCUT2D eigenvalue weighted by Crippen LogP contribution is -2.13. The lowest BCUT2D eigenvalue weighted by Gasteiger charge is -2.28. The van der Waals surface area contributed by atoms with Gasteiger partial charge in [0.15, 0.2) is 0 Å². The van der Waals surface area contributed by atoms with E-state index in [0.717, 1.165) is 24.5 Å². The van der Waals surface area contributed by atoms with Gasteiger partial charge in [-0.25, -0.2) is 8.78 Å². The van der Waals surface area contributed by atoms with E-state index in [-0.39, 0.29) is 11.7 Å². The van der Waals surface area contributed by atoms with Gasteiger partial charge in [-0.3, -0.25) is 4.39 Å². The number of halogens is 4. The maximum atomic E-state index is 12.3. The fourth-order valence-electron chi connectivity index (χ4n) is 3.65. The van der Waals surface area contributed by atoms with Crippen molar-refractivity contribution in [1.29, 1.82) is 0 Å². The Balaban J connectivity index is 0.000000244. The standard InChI is InChI=1S/C17H25F.C6H3ClF2/c1-2-3-14-4-8-16(9-5-14)17-10-6-15(7-11-17)12-13-18;7-5-2-1-4(8)3-6(5)9/h4-5,8-9,15,17H,2-3,6-7,10-13H2,1H3;1-3H. The van der Waals surface area contributed by atoms with Crippen molar-refractivity contribution in [2.45, 2.75) is 57.8 Å². The summed E-state index contributed by atoms with van der Waals surface area (Å²) in [6.45, 7) is 2.08. The van der Waals surface area contributed by atoms with E-state index in [1.165, 1.54) is 55.7 Å². The van der Waals surface area contributed by atoms with Gasteiger partial charge in [0.1, 0.15) is 11.6 Å². The van der Waals surface area contributed by atoms with E-state index in [0.29, 0.717) is 5.92 Å². The molecular weight excluding hydrogens is 369 g/mol. The van der Waals surface area contributed by atoms with Crippen molar-refractivity contribution >= 4 is 11.6 Å². The number of rotatable bonds is 5. The Kier molecular flexibility index (Phi) is 9.20. The molecule has 0 spiro atoms. The predicted octanol–water partition coefficient (Wildman–Crippen LogP) is 7.89. The number of hydrogen-bond donors (Lipinski definition) is 0. The van der Waals surface area contributed by atoms with E-state index in [1.54, 1.807) is 0 Å². The molecule has 0 bridgehead atoms. The van der Waals surface area contributed by atoms with Crippen molar-refractivity contribution in [1.82, 2.24) is 0 Å². The van der Waals surface area contributed by atoms with Crippen LogP contribution in [0.3, 0.4) is 0 Å². The highest BCUT2D eigenvalue weighted by Crippen LogP contribution is 2.37. The monoisotopic (exact) mass is 396 g/mol. The molecule has 0 N–H and O–H groups in total. The molecule has 0 aromatic heterocycles. The summed E-state index contributed by atoms with van der Waals surface area (Å²) in [6, 6.07) is 12.2. The van der Waals surface area contributed by atoms with Crippen LogP contribution in [0.15, 0.2) is 42.5 Å². The molecule has 0 heterocycles. The highest BCUT2D eigenvalue weighted by molar-refractivity contribution is 6.30. The molecule has 1 fully saturated rings. The first kappa shape index (κ1) is 21.8. The van der Waals surface area contributed by atoms with Crippen LogP contribution in [-0.2, 0) is 6.42 Å². The number of alkyl halides is 1. The van der Waals surface area contributed by atoms with Gasteiger partial charge in [0.2, 0.25) is 0 Å². The quantitative estimate of drug-likeness (QED) is 0.450. The van der Waals surface area contributed by atoms with Crippen LogP contribution >= 0.6 is 11.6 Å². The third-order valence-corrected chi connectivity index (χ3v) is 5.54. The van der Waals surface area contributed by atoms with Gasteiger partial charge >= 0.3 is 0 Å². The first-order chi connectivity index (χ1) is 13.0. The van der Waals surface area contributed by atoms with Crippen molar-refractivity contribution < 1.29 is 13.2 Å². The molecule has 27 heavy (non-hydrogen) atoms. The zero-order valence-corrected chi connectivity index (χ0v) is 16.6. The third kappa shape index (κ3) is 7.21. The molecule has 0 atom stereocenters. The predicted molar refractivity (Wildman–Crippen MR) is 107 cm³/mol. The summed E-state index contributed by atoms with van der Waals surface area (Å²) in [5.74, 6) is 0.0238. The summed E-state index contributed by atoms with van der Waals surface area (Å²) in [5.41, 5.74) is 2.95. The Morgan fingerprint density at radius 3 is 2.15 bits per heavy atom. The minimum atomic E-state index is -0.725. The minimum absolute atomic E-state index is 0.0589. The summed E-state index contributed by atoms with van der Waals surface area (Å²) < 4.78 is 36.6. The summed E-state index contributed by atoms with van der Waals surface area (Å²) in [7, 11) is 0. The van der Waals surface area contributed by atoms with E-state index < -0.39 is 11.6 Å². The molecular formula is C23H28ClF3. The van der Waals surface area contributed by atoms with Crippen LogP contribution in [0.25, 0.3) is 0 Å². The zero-order chi connectivity index (χ0) is 19.6. The summed E-state index contributed by atoms with van der Waals surface area (Å²) in [4.78, 5) is 0. The van der Waals surface area contributed by atoms with Crippen LogP contribution in [0.1, 0.15) is 62.5 Å². The molecule has 4 heteroatoms. The van der Waals surface area contributed by atoms with E-state index >= 15 is 0 Å². The lowest BCUT2D eigenvalue weighted by molar-refractivity contribution is 0.283. The van der Waals surface area contributed by atoms with E-state index in [1.807, 2.05) is 0 Å². The molecule has 1 saturated carbocycles. The largest absolute Gasteiger partial charge is 0.251 e. The fraction of sp³-hybridized carbons (Fsp3) is 0.478. The molecule has 0 amide bonds. The Labute approximate surface area is 165 Å². The first-order valence-corrected chi connectivity index (χ1v) is 10.2. The van der Waals surface area contributed by atoms with Crippen LogP contribution < -0.4 is 0 Å². The molecule has 0 saturated heterocycles. The van der Waals surface area contributed by atoms with Crippen molar-refractivity contribution in [3.8, 4) is 0 Å². The average Bonchev–Trinajstić information content (AvgIpc) is 2.67. The van der Waals surface area contributed by atoms with Crippen LogP contribution in [0, 0.1) is 17.6 Å². The summed E-state index contributed by atoms with van der Waals surface area (Å²) in [5, 5.41) is -0.0589. The van der Waals surface area contributed by atoms with Gasteiger partial charge in [-0.05, 0) is 73.6 Å². The van der Waals surface area contributed by atoms with Gasteiger partial charge < -0.3 is 0 Å². The molecule has 1 aliphatic rings. The highest BCUT2D eigenvalue weighted by atomic mass is 35.5. The van der Waals surface area contributed by atoms with Crippen molar-refractivity contribution in [2.24, 2.45) is 5.92 Å². The number of benzene rings is 2. The molecule has 0 radical (unpaired) electrons. The molecule has 2 aromatic carbocycles. The van der Waals surface area contributed by atoms with Crippen molar-refractivity contribution in [2.75, 3.05) is 6.67 Å². The van der Waals surface area contributed by atoms with Gasteiger partial charge in [-0.15, -0.1) is 0 Å². The smallest absolute Gasteiger partial charge is 0.144 e. The Morgan fingerprint density at radius 1 is 0.963 bits per heavy atom. The lowest BCUT2D eigenvalue weighted by atomic mass is 9.77. The minimum Gasteiger partial charge on any atom is -0.251 e. The van der Waals surface area contributed by atoms with Gasteiger partial charge in [0.05, 0.1) is 11.7 Å². The maximum Gasteiger partial charge on any atom is 0.144 e. The van der Waals surface area contributed by atoms with Gasteiger partial charge in [0, 0.05) is 6.07 Å². The Morgan fingerprint density at radius 2 is 1.63 bits per heavy atom.